The molecule has 0 radical (unpaired) electrons. The molecular formula is C15H14ClN5OS. The maximum absolute atomic E-state index is 12.6. The Labute approximate surface area is 141 Å². The molecular weight excluding hydrogens is 334 g/mol. The Kier molecular flexibility index (Phi) is 3.74. The average molecular weight is 348 g/mol. The number of hydrogen-bond acceptors (Lipinski definition) is 5. The smallest absolute Gasteiger partial charge is 0.272 e. The molecule has 3 aromatic rings. The summed E-state index contributed by atoms with van der Waals surface area (Å²) in [5.41, 5.74) is 1.13. The number of amides is 1. The number of carbonyl (C=O) groups excluding carboxylic acids is 1. The molecule has 0 bridgehead atoms. The van der Waals surface area contributed by atoms with Crippen molar-refractivity contribution in [3.8, 4) is 11.4 Å². The third kappa shape index (κ3) is 2.70. The van der Waals surface area contributed by atoms with E-state index in [2.05, 4.69) is 15.1 Å². The molecule has 4 heterocycles. The third-order valence-corrected chi connectivity index (χ3v) is 5.01. The molecule has 118 valence electrons. The summed E-state index contributed by atoms with van der Waals surface area (Å²) in [6.45, 7) is 1.55. The second-order valence-electron chi connectivity index (χ2n) is 5.46. The van der Waals surface area contributed by atoms with E-state index in [0.717, 1.165) is 36.3 Å². The maximum Gasteiger partial charge on any atom is 0.272 e. The fourth-order valence-electron chi connectivity index (χ4n) is 2.79. The van der Waals surface area contributed by atoms with Gasteiger partial charge in [0.15, 0.2) is 5.82 Å². The van der Waals surface area contributed by atoms with Gasteiger partial charge in [0.2, 0.25) is 0 Å². The molecule has 1 aliphatic rings. The molecule has 0 unspecified atom stereocenters. The molecule has 0 saturated carbocycles. The number of nitrogens with zero attached hydrogens (tertiary/aromatic N) is 5. The third-order valence-electron chi connectivity index (χ3n) is 3.93. The number of halogens is 1. The van der Waals surface area contributed by atoms with Crippen LogP contribution in [0.15, 0.2) is 23.8 Å². The van der Waals surface area contributed by atoms with E-state index in [1.54, 1.807) is 22.0 Å². The number of piperidine rings is 1. The minimum absolute atomic E-state index is 0.0789. The highest BCUT2D eigenvalue weighted by Crippen LogP contribution is 2.26. The Morgan fingerprint density at radius 3 is 2.87 bits per heavy atom. The summed E-state index contributed by atoms with van der Waals surface area (Å²) in [5.74, 6) is 0.361. The molecule has 3 aromatic heterocycles. The summed E-state index contributed by atoms with van der Waals surface area (Å²) in [5, 5.41) is 6.47. The summed E-state index contributed by atoms with van der Waals surface area (Å²) in [6, 6.07) is 1.54. The number of carbonyl (C=O) groups is 1. The molecule has 0 aromatic carbocycles. The number of hydrogen-bond donors (Lipinski definition) is 0. The van der Waals surface area contributed by atoms with E-state index in [1.165, 1.54) is 12.5 Å². The molecule has 8 heteroatoms. The van der Waals surface area contributed by atoms with Crippen LogP contribution in [0.1, 0.15) is 29.8 Å². The molecule has 0 atom stereocenters. The zero-order chi connectivity index (χ0) is 15.8. The normalized spacial score (nSPS) is 15.3. The highest BCUT2D eigenvalue weighted by Gasteiger charge is 2.21. The maximum atomic E-state index is 12.6. The van der Waals surface area contributed by atoms with Crippen molar-refractivity contribution in [3.63, 3.8) is 0 Å². The first-order valence-corrected chi connectivity index (χ1v) is 8.73. The van der Waals surface area contributed by atoms with E-state index >= 15 is 0 Å². The van der Waals surface area contributed by atoms with E-state index in [4.69, 9.17) is 11.6 Å². The summed E-state index contributed by atoms with van der Waals surface area (Å²) >= 11 is 7.68. The lowest BCUT2D eigenvalue weighted by atomic mass is 10.1. The molecule has 1 fully saturated rings. The van der Waals surface area contributed by atoms with Gasteiger partial charge in [-0.15, -0.1) is 11.3 Å². The van der Waals surface area contributed by atoms with Gasteiger partial charge in [0.25, 0.3) is 5.91 Å². The van der Waals surface area contributed by atoms with Gasteiger partial charge in [0, 0.05) is 30.7 Å². The average Bonchev–Trinajstić information content (AvgIpc) is 3.17. The fraction of sp³-hybridized carbons (Fsp3) is 0.333. The topological polar surface area (TPSA) is 63.4 Å². The second-order valence-corrected chi connectivity index (χ2v) is 6.75. The Hall–Kier alpha value is -1.99. The molecule has 6 nitrogen and oxygen atoms in total. The molecule has 4 rings (SSSR count). The van der Waals surface area contributed by atoms with Crippen LogP contribution in [0.4, 0.5) is 0 Å². The quantitative estimate of drug-likeness (QED) is 0.668. The monoisotopic (exact) mass is 347 g/mol. The van der Waals surface area contributed by atoms with Gasteiger partial charge in [-0.05, 0) is 19.3 Å². The van der Waals surface area contributed by atoms with Crippen LogP contribution in [0.3, 0.4) is 0 Å². The lowest BCUT2D eigenvalue weighted by Gasteiger charge is -2.26. The van der Waals surface area contributed by atoms with E-state index in [1.807, 2.05) is 16.5 Å². The lowest BCUT2D eigenvalue weighted by Crippen LogP contribution is -2.36. The predicted molar refractivity (Wildman–Crippen MR) is 88.9 cm³/mol. The van der Waals surface area contributed by atoms with Gasteiger partial charge in [-0.25, -0.2) is 14.5 Å². The minimum Gasteiger partial charge on any atom is -0.337 e. The summed E-state index contributed by atoms with van der Waals surface area (Å²) < 4.78 is 1.76. The van der Waals surface area contributed by atoms with Crippen LogP contribution in [-0.4, -0.2) is 43.5 Å². The molecule has 0 N–H and O–H groups in total. The zero-order valence-electron chi connectivity index (χ0n) is 12.3. The minimum atomic E-state index is -0.0789. The molecule has 0 aliphatic carbocycles. The van der Waals surface area contributed by atoms with E-state index in [-0.39, 0.29) is 11.1 Å². The van der Waals surface area contributed by atoms with Gasteiger partial charge in [-0.1, -0.05) is 11.6 Å². The van der Waals surface area contributed by atoms with Crippen molar-refractivity contribution in [2.24, 2.45) is 0 Å². The SMILES string of the molecule is O=C(c1cc(Cl)nc(-c2cnn3ccsc23)n1)N1CCCCC1. The van der Waals surface area contributed by atoms with Crippen molar-refractivity contribution >= 4 is 33.7 Å². The van der Waals surface area contributed by atoms with E-state index < -0.39 is 0 Å². The summed E-state index contributed by atoms with van der Waals surface area (Å²) in [7, 11) is 0. The van der Waals surface area contributed by atoms with Crippen LogP contribution in [0.2, 0.25) is 5.15 Å². The lowest BCUT2D eigenvalue weighted by molar-refractivity contribution is 0.0718. The van der Waals surface area contributed by atoms with Crippen LogP contribution in [-0.2, 0) is 0 Å². The Morgan fingerprint density at radius 2 is 2.04 bits per heavy atom. The van der Waals surface area contributed by atoms with Crippen molar-refractivity contribution in [1.82, 2.24) is 24.5 Å². The number of aromatic nitrogens is 4. The second kappa shape index (κ2) is 5.90. The number of thiazole rings is 1. The molecule has 0 spiro atoms. The predicted octanol–water partition coefficient (Wildman–Crippen LogP) is 3.13. The van der Waals surface area contributed by atoms with E-state index in [9.17, 15) is 4.79 Å². The molecule has 1 amide bonds. The highest BCUT2D eigenvalue weighted by molar-refractivity contribution is 7.16. The first-order valence-electron chi connectivity index (χ1n) is 7.47. The van der Waals surface area contributed by atoms with Crippen LogP contribution in [0.5, 0.6) is 0 Å². The van der Waals surface area contributed by atoms with Crippen LogP contribution in [0, 0.1) is 0 Å². The standard InChI is InChI=1S/C15H14ClN5OS/c16-12-8-11(14(22)20-4-2-1-3-5-20)18-13(19-12)10-9-17-21-6-7-23-15(10)21/h6-9H,1-5H2. The first kappa shape index (κ1) is 14.6. The van der Waals surface area contributed by atoms with Crippen molar-refractivity contribution in [3.05, 3.63) is 34.7 Å². The van der Waals surface area contributed by atoms with Crippen LogP contribution in [0.25, 0.3) is 16.2 Å². The van der Waals surface area contributed by atoms with Gasteiger partial charge in [0.1, 0.15) is 15.7 Å². The van der Waals surface area contributed by atoms with Crippen molar-refractivity contribution in [2.75, 3.05) is 13.1 Å². The zero-order valence-corrected chi connectivity index (χ0v) is 13.8. The summed E-state index contributed by atoms with van der Waals surface area (Å²) in [6.07, 6.45) is 6.82. The highest BCUT2D eigenvalue weighted by atomic mass is 35.5. The summed E-state index contributed by atoms with van der Waals surface area (Å²) in [4.78, 5) is 24.1. The number of rotatable bonds is 2. The van der Waals surface area contributed by atoms with Gasteiger partial charge < -0.3 is 4.90 Å². The van der Waals surface area contributed by atoms with Gasteiger partial charge >= 0.3 is 0 Å². The molecule has 23 heavy (non-hydrogen) atoms. The first-order chi connectivity index (χ1) is 11.2. The van der Waals surface area contributed by atoms with Gasteiger partial charge in [-0.3, -0.25) is 4.79 Å². The fourth-order valence-corrected chi connectivity index (χ4v) is 3.76. The Balaban J connectivity index is 1.73. The van der Waals surface area contributed by atoms with Gasteiger partial charge in [-0.2, -0.15) is 5.10 Å². The van der Waals surface area contributed by atoms with Crippen molar-refractivity contribution in [2.45, 2.75) is 19.3 Å². The number of fused-ring (bicyclic) bond motifs is 1. The van der Waals surface area contributed by atoms with Crippen LogP contribution >= 0.6 is 22.9 Å². The van der Waals surface area contributed by atoms with Crippen molar-refractivity contribution in [1.29, 1.82) is 0 Å². The van der Waals surface area contributed by atoms with Crippen molar-refractivity contribution < 1.29 is 4.79 Å². The molecule has 1 saturated heterocycles. The Bertz CT molecular complexity index is 868. The largest absolute Gasteiger partial charge is 0.337 e. The number of likely N-dealkylation sites (tertiary alicyclic amines) is 1. The van der Waals surface area contributed by atoms with E-state index in [0.29, 0.717) is 11.5 Å². The Morgan fingerprint density at radius 1 is 1.22 bits per heavy atom. The molecule has 1 aliphatic heterocycles. The van der Waals surface area contributed by atoms with Crippen LogP contribution < -0.4 is 0 Å². The van der Waals surface area contributed by atoms with Gasteiger partial charge in [0.05, 0.1) is 11.8 Å².